The summed E-state index contributed by atoms with van der Waals surface area (Å²) in [5.74, 6) is 0. The molecule has 1 aliphatic rings. The lowest BCUT2D eigenvalue weighted by Crippen LogP contribution is -2.31. The molecule has 0 radical (unpaired) electrons. The Hall–Kier alpha value is -0.970. The van der Waals surface area contributed by atoms with E-state index in [1.54, 1.807) is 0 Å². The second-order valence-electron chi connectivity index (χ2n) is 5.00. The molecule has 17 heavy (non-hydrogen) atoms. The van der Waals surface area contributed by atoms with Gasteiger partial charge in [0.25, 0.3) is 0 Å². The van der Waals surface area contributed by atoms with Crippen molar-refractivity contribution in [2.24, 2.45) is 5.73 Å². The van der Waals surface area contributed by atoms with Crippen LogP contribution in [0, 0.1) is 0 Å². The number of aromatic nitrogens is 1. The Morgan fingerprint density at radius 3 is 3.00 bits per heavy atom. The lowest BCUT2D eigenvalue weighted by atomic mass is 10.2. The van der Waals surface area contributed by atoms with Gasteiger partial charge in [0.1, 0.15) is 0 Å². The molecule has 0 bridgehead atoms. The number of rotatable bonds is 4. The molecule has 0 spiro atoms. The average Bonchev–Trinajstić information content (AvgIpc) is 2.78. The normalized spacial score (nSPS) is 21.3. The summed E-state index contributed by atoms with van der Waals surface area (Å²) in [6.45, 7) is 3.88. The fourth-order valence-electron chi connectivity index (χ4n) is 2.37. The average molecular weight is 234 g/mol. The Morgan fingerprint density at radius 2 is 2.35 bits per heavy atom. The van der Waals surface area contributed by atoms with Gasteiger partial charge in [0.15, 0.2) is 0 Å². The number of likely N-dealkylation sites (N-methyl/N-ethyl adjacent to an activating group) is 1. The zero-order chi connectivity index (χ0) is 12.3. The highest BCUT2D eigenvalue weighted by Gasteiger charge is 2.23. The number of hydrogen-bond donors (Lipinski definition) is 1. The van der Waals surface area contributed by atoms with E-state index in [9.17, 15) is 0 Å². The molecule has 1 atom stereocenters. The van der Waals surface area contributed by atoms with Crippen LogP contribution in [-0.4, -0.2) is 48.0 Å². The summed E-state index contributed by atoms with van der Waals surface area (Å²) in [5, 5.41) is 0. The number of nitrogens with two attached hydrogens (primary N) is 1. The predicted octanol–water partition coefficient (Wildman–Crippen LogP) is 0.676. The zero-order valence-electron chi connectivity index (χ0n) is 10.8. The van der Waals surface area contributed by atoms with Crippen molar-refractivity contribution in [2.45, 2.75) is 25.6 Å². The van der Waals surface area contributed by atoms with Gasteiger partial charge in [-0.25, -0.2) is 0 Å². The van der Waals surface area contributed by atoms with Crippen LogP contribution in [0.1, 0.15) is 17.7 Å². The van der Waals surface area contributed by atoms with Gasteiger partial charge in [-0.1, -0.05) is 0 Å². The quantitative estimate of drug-likeness (QED) is 0.832. The molecule has 4 heteroatoms. The molecular weight excluding hydrogens is 212 g/mol. The fourth-order valence-corrected chi connectivity index (χ4v) is 2.37. The molecule has 2 N–H and O–H groups in total. The Labute approximate surface area is 103 Å². The van der Waals surface area contributed by atoms with Crippen molar-refractivity contribution in [3.05, 3.63) is 29.6 Å². The van der Waals surface area contributed by atoms with Gasteiger partial charge in [0.2, 0.25) is 0 Å². The van der Waals surface area contributed by atoms with Crippen LogP contribution in [-0.2, 0) is 13.1 Å². The van der Waals surface area contributed by atoms with Crippen molar-refractivity contribution in [3.8, 4) is 0 Å². The van der Waals surface area contributed by atoms with Crippen LogP contribution in [0.3, 0.4) is 0 Å². The maximum atomic E-state index is 5.61. The lowest BCUT2D eigenvalue weighted by molar-refractivity contribution is 0.264. The molecule has 1 fully saturated rings. The molecule has 1 aromatic heterocycles. The monoisotopic (exact) mass is 234 g/mol. The van der Waals surface area contributed by atoms with E-state index >= 15 is 0 Å². The van der Waals surface area contributed by atoms with Crippen molar-refractivity contribution in [2.75, 3.05) is 27.2 Å². The topological polar surface area (TPSA) is 45.4 Å². The summed E-state index contributed by atoms with van der Waals surface area (Å²) in [6, 6.07) is 4.90. The first-order valence-electron chi connectivity index (χ1n) is 6.21. The Balaban J connectivity index is 1.93. The lowest BCUT2D eigenvalue weighted by Gasteiger charge is -2.20. The van der Waals surface area contributed by atoms with Gasteiger partial charge in [0, 0.05) is 38.4 Å². The van der Waals surface area contributed by atoms with Crippen molar-refractivity contribution in [1.82, 2.24) is 14.8 Å². The largest absolute Gasteiger partial charge is 0.325 e. The van der Waals surface area contributed by atoms with Crippen LogP contribution in [0.15, 0.2) is 18.3 Å². The molecule has 94 valence electrons. The minimum Gasteiger partial charge on any atom is -0.325 e. The molecule has 1 aromatic rings. The SMILES string of the molecule is CN(C)C1CCN(Cc2ccnc(CN)c2)C1. The first-order valence-corrected chi connectivity index (χ1v) is 6.21. The second kappa shape index (κ2) is 5.58. The molecule has 4 nitrogen and oxygen atoms in total. The molecule has 1 aliphatic heterocycles. The smallest absolute Gasteiger partial charge is 0.0542 e. The third-order valence-corrected chi connectivity index (χ3v) is 3.47. The first-order chi connectivity index (χ1) is 8.19. The minimum atomic E-state index is 0.522. The number of likely N-dealkylation sites (tertiary alicyclic amines) is 1. The van der Waals surface area contributed by atoms with Crippen LogP contribution < -0.4 is 5.73 Å². The van der Waals surface area contributed by atoms with Crippen LogP contribution in [0.5, 0.6) is 0 Å². The van der Waals surface area contributed by atoms with Gasteiger partial charge in [-0.2, -0.15) is 0 Å². The van der Waals surface area contributed by atoms with Crippen molar-refractivity contribution in [1.29, 1.82) is 0 Å². The molecule has 2 heterocycles. The highest BCUT2D eigenvalue weighted by molar-refractivity contribution is 5.16. The van der Waals surface area contributed by atoms with E-state index in [4.69, 9.17) is 5.73 Å². The third kappa shape index (κ3) is 3.25. The number of pyridine rings is 1. The Bertz CT molecular complexity index is 364. The van der Waals surface area contributed by atoms with Gasteiger partial charge in [-0.15, -0.1) is 0 Å². The second-order valence-corrected chi connectivity index (χ2v) is 5.00. The zero-order valence-corrected chi connectivity index (χ0v) is 10.8. The molecular formula is C13H22N4. The van der Waals surface area contributed by atoms with Crippen LogP contribution >= 0.6 is 0 Å². The highest BCUT2D eigenvalue weighted by atomic mass is 15.2. The summed E-state index contributed by atoms with van der Waals surface area (Å²) < 4.78 is 0. The predicted molar refractivity (Wildman–Crippen MR) is 69.5 cm³/mol. The van der Waals surface area contributed by atoms with Gasteiger partial charge in [-0.3, -0.25) is 9.88 Å². The van der Waals surface area contributed by atoms with Gasteiger partial charge < -0.3 is 10.6 Å². The van der Waals surface area contributed by atoms with Crippen LogP contribution in [0.25, 0.3) is 0 Å². The van der Waals surface area contributed by atoms with Crippen molar-refractivity contribution >= 4 is 0 Å². The number of hydrogen-bond acceptors (Lipinski definition) is 4. The van der Waals surface area contributed by atoms with E-state index < -0.39 is 0 Å². The van der Waals surface area contributed by atoms with E-state index in [0.29, 0.717) is 12.6 Å². The van der Waals surface area contributed by atoms with E-state index in [1.165, 1.54) is 18.5 Å². The Morgan fingerprint density at radius 1 is 1.53 bits per heavy atom. The number of nitrogens with zero attached hydrogens (tertiary/aromatic N) is 3. The molecule has 1 saturated heterocycles. The highest BCUT2D eigenvalue weighted by Crippen LogP contribution is 2.16. The van der Waals surface area contributed by atoms with E-state index in [-0.39, 0.29) is 0 Å². The molecule has 2 rings (SSSR count). The summed E-state index contributed by atoms with van der Waals surface area (Å²) in [4.78, 5) is 9.04. The molecule has 0 saturated carbocycles. The Kier molecular flexibility index (Phi) is 4.10. The molecule has 0 aromatic carbocycles. The van der Waals surface area contributed by atoms with Crippen molar-refractivity contribution in [3.63, 3.8) is 0 Å². The van der Waals surface area contributed by atoms with E-state index in [1.807, 2.05) is 6.20 Å². The van der Waals surface area contributed by atoms with Crippen LogP contribution in [0.4, 0.5) is 0 Å². The minimum absolute atomic E-state index is 0.522. The molecule has 0 amide bonds. The summed E-state index contributed by atoms with van der Waals surface area (Å²) in [6.07, 6.45) is 3.12. The fraction of sp³-hybridized carbons (Fsp3) is 0.615. The first kappa shape index (κ1) is 12.5. The summed E-state index contributed by atoms with van der Waals surface area (Å²) >= 11 is 0. The summed E-state index contributed by atoms with van der Waals surface area (Å²) in [5.41, 5.74) is 7.90. The standard InChI is InChI=1S/C13H22N4/c1-16(2)13-4-6-17(10-13)9-11-3-5-15-12(7-11)8-14/h3,5,7,13H,4,6,8-10,14H2,1-2H3. The third-order valence-electron chi connectivity index (χ3n) is 3.47. The van der Waals surface area contributed by atoms with Gasteiger partial charge in [0.05, 0.1) is 5.69 Å². The summed E-state index contributed by atoms with van der Waals surface area (Å²) in [7, 11) is 4.32. The van der Waals surface area contributed by atoms with Gasteiger partial charge in [-0.05, 0) is 38.2 Å². The van der Waals surface area contributed by atoms with Gasteiger partial charge >= 0.3 is 0 Å². The van der Waals surface area contributed by atoms with Crippen LogP contribution in [0.2, 0.25) is 0 Å². The maximum absolute atomic E-state index is 5.61. The molecule has 0 aliphatic carbocycles. The van der Waals surface area contributed by atoms with E-state index in [2.05, 4.69) is 41.0 Å². The van der Waals surface area contributed by atoms with E-state index in [0.717, 1.165) is 18.8 Å². The van der Waals surface area contributed by atoms with Crippen molar-refractivity contribution < 1.29 is 0 Å². The molecule has 1 unspecified atom stereocenters. The maximum Gasteiger partial charge on any atom is 0.0542 e.